The molecule has 0 heterocycles. The fourth-order valence-electron chi connectivity index (χ4n) is 0.494. The summed E-state index contributed by atoms with van der Waals surface area (Å²) < 4.78 is 0. The van der Waals surface area contributed by atoms with Crippen molar-refractivity contribution in [3.05, 3.63) is 0 Å². The van der Waals surface area contributed by atoms with Gasteiger partial charge in [-0.2, -0.15) is 0 Å². The van der Waals surface area contributed by atoms with E-state index >= 15 is 0 Å². The first-order valence-corrected chi connectivity index (χ1v) is 4.31. The molecule has 0 rings (SSSR count). The van der Waals surface area contributed by atoms with Gasteiger partial charge in [-0.1, -0.05) is 25.3 Å². The zero-order valence-corrected chi connectivity index (χ0v) is 13.4. The van der Waals surface area contributed by atoms with Gasteiger partial charge in [0.15, 0.2) is 0 Å². The summed E-state index contributed by atoms with van der Waals surface area (Å²) in [6, 6.07) is 0. The fraction of sp³-hybridized carbons (Fsp3) is 0.667. The Kier molecular flexibility index (Phi) is 55.4. The Hall–Kier alpha value is 0.520. The SMILES string of the molecule is CCN(CC)C(=O)S.NC(=O)S.O.O.O.[H-].[Na+]. The molecule has 0 spiro atoms. The second-order valence-corrected chi connectivity index (χ2v) is 2.62. The number of nitrogens with zero attached hydrogens (tertiary/aromatic N) is 1. The molecular formula is C6H21N2NaO5S2. The largest absolute Gasteiger partial charge is 1.00 e. The van der Waals surface area contributed by atoms with Gasteiger partial charge < -0.3 is 28.5 Å². The van der Waals surface area contributed by atoms with Crippen LogP contribution in [0.4, 0.5) is 9.59 Å². The third-order valence-corrected chi connectivity index (χ3v) is 1.32. The van der Waals surface area contributed by atoms with Crippen molar-refractivity contribution in [2.45, 2.75) is 13.8 Å². The molecule has 0 unspecified atom stereocenters. The van der Waals surface area contributed by atoms with Crippen LogP contribution >= 0.6 is 25.3 Å². The molecule has 7 nitrogen and oxygen atoms in total. The number of hydrogen-bond donors (Lipinski definition) is 3. The van der Waals surface area contributed by atoms with Crippen LogP contribution in [0, 0.1) is 0 Å². The van der Waals surface area contributed by atoms with Crippen molar-refractivity contribution < 1.29 is 57.0 Å². The summed E-state index contributed by atoms with van der Waals surface area (Å²) in [6.07, 6.45) is 0. The maximum Gasteiger partial charge on any atom is 1.00 e. The van der Waals surface area contributed by atoms with Gasteiger partial charge in [-0.25, -0.2) is 0 Å². The molecule has 2 amide bonds. The second-order valence-electron chi connectivity index (χ2n) is 1.79. The topological polar surface area (TPSA) is 158 Å². The molecule has 0 aliphatic rings. The third-order valence-electron chi connectivity index (χ3n) is 1.03. The van der Waals surface area contributed by atoms with E-state index in [4.69, 9.17) is 4.79 Å². The molecule has 98 valence electrons. The molecule has 0 aromatic rings. The monoisotopic (exact) mass is 288 g/mol. The van der Waals surface area contributed by atoms with Crippen LogP contribution in [0.3, 0.4) is 0 Å². The van der Waals surface area contributed by atoms with Crippen molar-refractivity contribution >= 4 is 35.7 Å². The fourth-order valence-corrected chi connectivity index (χ4v) is 0.777. The molecule has 8 N–H and O–H groups in total. The van der Waals surface area contributed by atoms with Gasteiger partial charge in [0, 0.05) is 13.1 Å². The minimum Gasteiger partial charge on any atom is -1.00 e. The Morgan fingerprint density at radius 2 is 1.31 bits per heavy atom. The Bertz CT molecular complexity index is 161. The number of nitrogens with two attached hydrogens (primary N) is 1. The van der Waals surface area contributed by atoms with Crippen LogP contribution in [0.15, 0.2) is 0 Å². The maximum absolute atomic E-state index is 10.4. The molecule has 0 saturated heterocycles. The minimum atomic E-state index is -0.639. The molecule has 0 aromatic heterocycles. The summed E-state index contributed by atoms with van der Waals surface area (Å²) in [6.45, 7) is 5.35. The predicted octanol–water partition coefficient (Wildman–Crippen LogP) is -3.98. The standard InChI is InChI=1S/C5H11NOS.CH3NOS.Na.3H2O.H/c1-3-6(4-2)5(7)8;2-1(3)4;;;;;/h3-4H2,1-2H3,(H,7,8);(H3,2,3,4);;3*1H2;/q;;+1;;;;-1. The average Bonchev–Trinajstić information content (AvgIpc) is 1.87. The zero-order valence-electron chi connectivity index (χ0n) is 10.6. The van der Waals surface area contributed by atoms with Crippen LogP contribution in [0.5, 0.6) is 0 Å². The summed E-state index contributed by atoms with van der Waals surface area (Å²) in [5.41, 5.74) is 4.34. The van der Waals surface area contributed by atoms with Crippen LogP contribution in [-0.2, 0) is 0 Å². The first-order valence-electron chi connectivity index (χ1n) is 3.41. The molecule has 0 bridgehead atoms. The smallest absolute Gasteiger partial charge is 1.00 e. The average molecular weight is 288 g/mol. The first kappa shape index (κ1) is 36.0. The third kappa shape index (κ3) is 36.6. The molecule has 0 atom stereocenters. The molecule has 0 aromatic carbocycles. The Morgan fingerprint density at radius 1 is 1.12 bits per heavy atom. The molecule has 0 radical (unpaired) electrons. The van der Waals surface area contributed by atoms with Gasteiger partial charge in [0.25, 0.3) is 10.5 Å². The van der Waals surface area contributed by atoms with Crippen LogP contribution in [0.25, 0.3) is 0 Å². The predicted molar refractivity (Wildman–Crippen MR) is 67.8 cm³/mol. The normalized spacial score (nSPS) is 6.00. The number of amides is 2. The Morgan fingerprint density at radius 3 is 1.31 bits per heavy atom. The molecular weight excluding hydrogens is 267 g/mol. The van der Waals surface area contributed by atoms with E-state index in [0.29, 0.717) is 0 Å². The first-order chi connectivity index (χ1) is 5.45. The van der Waals surface area contributed by atoms with Crippen molar-refractivity contribution in [1.29, 1.82) is 0 Å². The zero-order chi connectivity index (χ0) is 10.1. The van der Waals surface area contributed by atoms with Crippen molar-refractivity contribution in [2.24, 2.45) is 5.73 Å². The Labute approximate surface area is 130 Å². The summed E-state index contributed by atoms with van der Waals surface area (Å²) >= 11 is 6.75. The molecule has 0 saturated carbocycles. The van der Waals surface area contributed by atoms with Gasteiger partial charge in [-0.3, -0.25) is 9.59 Å². The number of thiol groups is 2. The summed E-state index contributed by atoms with van der Waals surface area (Å²) in [5.74, 6) is 0. The van der Waals surface area contributed by atoms with E-state index in [0.717, 1.165) is 13.1 Å². The molecule has 16 heavy (non-hydrogen) atoms. The van der Waals surface area contributed by atoms with Gasteiger partial charge in [0.1, 0.15) is 0 Å². The quantitative estimate of drug-likeness (QED) is 0.349. The van der Waals surface area contributed by atoms with E-state index < -0.39 is 5.24 Å². The van der Waals surface area contributed by atoms with E-state index in [1.54, 1.807) is 4.90 Å². The van der Waals surface area contributed by atoms with Crippen molar-refractivity contribution in [1.82, 2.24) is 4.90 Å². The molecule has 0 aliphatic carbocycles. The van der Waals surface area contributed by atoms with Crippen LogP contribution in [-0.4, -0.2) is 44.9 Å². The van der Waals surface area contributed by atoms with E-state index in [2.05, 4.69) is 31.0 Å². The van der Waals surface area contributed by atoms with Crippen LogP contribution in [0.1, 0.15) is 15.3 Å². The number of hydrogen-bond acceptors (Lipinski definition) is 2. The van der Waals surface area contributed by atoms with E-state index in [-0.39, 0.29) is 52.7 Å². The second kappa shape index (κ2) is 24.7. The minimum absolute atomic E-state index is 0. The van der Waals surface area contributed by atoms with Crippen molar-refractivity contribution in [3.8, 4) is 0 Å². The summed E-state index contributed by atoms with van der Waals surface area (Å²) in [5, 5.41) is -0.782. The summed E-state index contributed by atoms with van der Waals surface area (Å²) in [7, 11) is 0. The molecule has 0 aliphatic heterocycles. The number of carbonyl (C=O) groups excluding carboxylic acids is 2. The number of primary amides is 1. The van der Waals surface area contributed by atoms with Gasteiger partial charge >= 0.3 is 29.6 Å². The van der Waals surface area contributed by atoms with Crippen molar-refractivity contribution in [2.75, 3.05) is 13.1 Å². The number of rotatable bonds is 2. The summed E-state index contributed by atoms with van der Waals surface area (Å²) in [4.78, 5) is 21.1. The van der Waals surface area contributed by atoms with Crippen LogP contribution < -0.4 is 35.3 Å². The van der Waals surface area contributed by atoms with Gasteiger partial charge in [0.05, 0.1) is 0 Å². The van der Waals surface area contributed by atoms with E-state index in [9.17, 15) is 4.79 Å². The van der Waals surface area contributed by atoms with Gasteiger partial charge in [-0.05, 0) is 13.8 Å². The van der Waals surface area contributed by atoms with E-state index in [1.807, 2.05) is 13.8 Å². The van der Waals surface area contributed by atoms with Crippen molar-refractivity contribution in [3.63, 3.8) is 0 Å². The Balaban J connectivity index is -0.0000000202. The molecule has 10 heteroatoms. The maximum atomic E-state index is 10.4. The number of carbonyl (C=O) groups is 2. The van der Waals surface area contributed by atoms with Gasteiger partial charge in [0.2, 0.25) is 0 Å². The van der Waals surface area contributed by atoms with Gasteiger partial charge in [-0.15, -0.1) is 0 Å². The van der Waals surface area contributed by atoms with Crippen LogP contribution in [0.2, 0.25) is 0 Å². The van der Waals surface area contributed by atoms with E-state index in [1.165, 1.54) is 0 Å². The molecule has 0 fully saturated rings.